The molecule has 0 aromatic heterocycles. The minimum atomic E-state index is -0.764. The molecular formula is C6H10FNO. The number of hydrogen-bond donors (Lipinski definition) is 1. The summed E-state index contributed by atoms with van der Waals surface area (Å²) in [5.74, 6) is -0.476. The second-order valence-electron chi connectivity index (χ2n) is 2.63. The summed E-state index contributed by atoms with van der Waals surface area (Å²) >= 11 is 0. The van der Waals surface area contributed by atoms with E-state index >= 15 is 0 Å². The van der Waals surface area contributed by atoms with Crippen molar-refractivity contribution in [1.82, 2.24) is 0 Å². The molecule has 1 rings (SSSR count). The van der Waals surface area contributed by atoms with E-state index in [1.54, 1.807) is 0 Å². The molecule has 0 aliphatic heterocycles. The fraction of sp³-hybridized carbons (Fsp3) is 0.833. The van der Waals surface area contributed by atoms with Crippen LogP contribution in [0, 0.1) is 5.41 Å². The molecule has 3 heteroatoms. The Labute approximate surface area is 53.2 Å². The summed E-state index contributed by atoms with van der Waals surface area (Å²) < 4.78 is 12.0. The zero-order chi connectivity index (χ0) is 6.91. The van der Waals surface area contributed by atoms with Crippen LogP contribution >= 0.6 is 0 Å². The quantitative estimate of drug-likeness (QED) is 0.586. The van der Waals surface area contributed by atoms with Crippen LogP contribution in [0.2, 0.25) is 0 Å². The zero-order valence-corrected chi connectivity index (χ0v) is 5.19. The highest BCUT2D eigenvalue weighted by Gasteiger charge is 2.42. The molecule has 1 fully saturated rings. The molecule has 0 aromatic rings. The molecule has 1 saturated carbocycles. The van der Waals surface area contributed by atoms with E-state index in [1.165, 1.54) is 0 Å². The summed E-state index contributed by atoms with van der Waals surface area (Å²) in [6.07, 6.45) is 2.21. The van der Waals surface area contributed by atoms with E-state index in [0.29, 0.717) is 12.8 Å². The van der Waals surface area contributed by atoms with Crippen LogP contribution in [0.5, 0.6) is 0 Å². The third-order valence-electron chi connectivity index (χ3n) is 2.09. The smallest absolute Gasteiger partial charge is 0.226 e. The Balaban J connectivity index is 2.57. The highest BCUT2D eigenvalue weighted by atomic mass is 19.1. The van der Waals surface area contributed by atoms with Crippen molar-refractivity contribution in [3.63, 3.8) is 0 Å². The van der Waals surface area contributed by atoms with Gasteiger partial charge in [0.2, 0.25) is 5.91 Å². The molecular weight excluding hydrogens is 121 g/mol. The monoisotopic (exact) mass is 131 g/mol. The Bertz CT molecular complexity index is 126. The Hall–Kier alpha value is -0.600. The SMILES string of the molecule is NC(=O)C1(CF)CCC1. The number of carbonyl (C=O) groups is 1. The van der Waals surface area contributed by atoms with E-state index in [1.807, 2.05) is 0 Å². The first-order valence-electron chi connectivity index (χ1n) is 3.07. The standard InChI is InChI=1S/C6H10FNO/c7-4-6(5(8)9)2-1-3-6/h1-4H2,(H2,8,9). The molecule has 2 N–H and O–H groups in total. The first kappa shape index (κ1) is 6.52. The number of amides is 1. The molecule has 0 heterocycles. The van der Waals surface area contributed by atoms with Crippen LogP contribution in [0.15, 0.2) is 0 Å². The van der Waals surface area contributed by atoms with Gasteiger partial charge in [-0.1, -0.05) is 6.42 Å². The van der Waals surface area contributed by atoms with Crippen molar-refractivity contribution in [3.8, 4) is 0 Å². The lowest BCUT2D eigenvalue weighted by molar-refractivity contribution is -0.133. The topological polar surface area (TPSA) is 43.1 Å². The minimum Gasteiger partial charge on any atom is -0.369 e. The van der Waals surface area contributed by atoms with Crippen molar-refractivity contribution in [2.24, 2.45) is 11.1 Å². The normalized spacial score (nSPS) is 22.8. The van der Waals surface area contributed by atoms with Gasteiger partial charge in [-0.15, -0.1) is 0 Å². The zero-order valence-electron chi connectivity index (χ0n) is 5.19. The van der Waals surface area contributed by atoms with Gasteiger partial charge in [-0.3, -0.25) is 4.79 Å². The number of halogens is 1. The maximum atomic E-state index is 12.0. The summed E-state index contributed by atoms with van der Waals surface area (Å²) in [6, 6.07) is 0. The average Bonchev–Trinajstić information content (AvgIpc) is 1.62. The van der Waals surface area contributed by atoms with Crippen molar-refractivity contribution in [2.45, 2.75) is 19.3 Å². The molecule has 0 atom stereocenters. The van der Waals surface area contributed by atoms with Gasteiger partial charge in [0, 0.05) is 0 Å². The lowest BCUT2D eigenvalue weighted by atomic mass is 9.69. The number of carbonyl (C=O) groups excluding carboxylic acids is 1. The minimum absolute atomic E-state index is 0.476. The van der Waals surface area contributed by atoms with Crippen molar-refractivity contribution in [2.75, 3.05) is 6.67 Å². The molecule has 52 valence electrons. The summed E-state index contributed by atoms with van der Waals surface area (Å²) in [7, 11) is 0. The third-order valence-corrected chi connectivity index (χ3v) is 2.09. The van der Waals surface area contributed by atoms with Gasteiger partial charge in [0.05, 0.1) is 5.41 Å². The highest BCUT2D eigenvalue weighted by Crippen LogP contribution is 2.40. The van der Waals surface area contributed by atoms with E-state index in [9.17, 15) is 9.18 Å². The van der Waals surface area contributed by atoms with E-state index in [2.05, 4.69) is 0 Å². The van der Waals surface area contributed by atoms with E-state index < -0.39 is 18.0 Å². The molecule has 0 spiro atoms. The molecule has 2 nitrogen and oxygen atoms in total. The van der Waals surface area contributed by atoms with Gasteiger partial charge in [0.1, 0.15) is 6.67 Å². The first-order valence-corrected chi connectivity index (χ1v) is 3.07. The van der Waals surface area contributed by atoms with Crippen LogP contribution < -0.4 is 5.73 Å². The molecule has 0 bridgehead atoms. The Kier molecular flexibility index (Phi) is 1.43. The molecule has 1 aliphatic carbocycles. The van der Waals surface area contributed by atoms with Gasteiger partial charge in [-0.2, -0.15) is 0 Å². The molecule has 0 unspecified atom stereocenters. The average molecular weight is 131 g/mol. The number of rotatable bonds is 2. The lowest BCUT2D eigenvalue weighted by Crippen LogP contribution is -2.44. The van der Waals surface area contributed by atoms with Crippen LogP contribution in [-0.4, -0.2) is 12.6 Å². The van der Waals surface area contributed by atoms with Crippen molar-refractivity contribution < 1.29 is 9.18 Å². The molecule has 0 aromatic carbocycles. The molecule has 9 heavy (non-hydrogen) atoms. The lowest BCUT2D eigenvalue weighted by Gasteiger charge is -2.35. The fourth-order valence-electron chi connectivity index (χ4n) is 1.05. The Morgan fingerprint density at radius 3 is 2.22 bits per heavy atom. The van der Waals surface area contributed by atoms with Crippen molar-refractivity contribution in [1.29, 1.82) is 0 Å². The van der Waals surface area contributed by atoms with Gasteiger partial charge in [0.15, 0.2) is 0 Å². The Morgan fingerprint density at radius 2 is 2.22 bits per heavy atom. The van der Waals surface area contributed by atoms with Crippen LogP contribution in [-0.2, 0) is 4.79 Å². The maximum absolute atomic E-state index is 12.0. The van der Waals surface area contributed by atoms with Gasteiger partial charge >= 0.3 is 0 Å². The number of nitrogens with two attached hydrogens (primary N) is 1. The van der Waals surface area contributed by atoms with Crippen molar-refractivity contribution in [3.05, 3.63) is 0 Å². The summed E-state index contributed by atoms with van der Waals surface area (Å²) in [6.45, 7) is -0.581. The summed E-state index contributed by atoms with van der Waals surface area (Å²) in [5, 5.41) is 0. The number of hydrogen-bond acceptors (Lipinski definition) is 1. The second kappa shape index (κ2) is 1.97. The van der Waals surface area contributed by atoms with Crippen LogP contribution in [0.25, 0.3) is 0 Å². The number of primary amides is 1. The summed E-state index contributed by atoms with van der Waals surface area (Å²) in [5.41, 5.74) is 4.20. The van der Waals surface area contributed by atoms with Crippen LogP contribution in [0.1, 0.15) is 19.3 Å². The molecule has 0 saturated heterocycles. The predicted molar refractivity (Wildman–Crippen MR) is 31.5 cm³/mol. The van der Waals surface area contributed by atoms with Gasteiger partial charge in [-0.25, -0.2) is 4.39 Å². The maximum Gasteiger partial charge on any atom is 0.226 e. The predicted octanol–water partition coefficient (Wildman–Crippen LogP) is 0.611. The van der Waals surface area contributed by atoms with Crippen molar-refractivity contribution >= 4 is 5.91 Å². The van der Waals surface area contributed by atoms with Gasteiger partial charge < -0.3 is 5.73 Å². The Morgan fingerprint density at radius 1 is 1.67 bits per heavy atom. The second-order valence-corrected chi connectivity index (χ2v) is 2.63. The fourth-order valence-corrected chi connectivity index (χ4v) is 1.05. The van der Waals surface area contributed by atoms with Gasteiger partial charge in [0.25, 0.3) is 0 Å². The van der Waals surface area contributed by atoms with E-state index in [0.717, 1.165) is 6.42 Å². The molecule has 0 radical (unpaired) electrons. The van der Waals surface area contributed by atoms with E-state index in [-0.39, 0.29) is 0 Å². The van der Waals surface area contributed by atoms with Crippen LogP contribution in [0.3, 0.4) is 0 Å². The summed E-state index contributed by atoms with van der Waals surface area (Å²) in [4.78, 5) is 10.5. The highest BCUT2D eigenvalue weighted by molar-refractivity contribution is 5.81. The largest absolute Gasteiger partial charge is 0.369 e. The van der Waals surface area contributed by atoms with Gasteiger partial charge in [-0.05, 0) is 12.8 Å². The molecule has 1 amide bonds. The van der Waals surface area contributed by atoms with E-state index in [4.69, 9.17) is 5.73 Å². The van der Waals surface area contributed by atoms with Crippen LogP contribution in [0.4, 0.5) is 4.39 Å². The first-order chi connectivity index (χ1) is 4.21. The number of alkyl halides is 1. The third kappa shape index (κ3) is 0.802. The molecule has 1 aliphatic rings.